The predicted molar refractivity (Wildman–Crippen MR) is 76.7 cm³/mol. The van der Waals surface area contributed by atoms with Gasteiger partial charge in [0.05, 0.1) is 11.9 Å². The van der Waals surface area contributed by atoms with Crippen LogP contribution < -0.4 is 10.6 Å². The summed E-state index contributed by atoms with van der Waals surface area (Å²) in [5, 5.41) is 7.38. The van der Waals surface area contributed by atoms with Crippen molar-refractivity contribution < 1.29 is 0 Å². The van der Waals surface area contributed by atoms with Crippen molar-refractivity contribution in [2.45, 2.75) is 25.3 Å². The molecule has 102 valence electrons. The van der Waals surface area contributed by atoms with Gasteiger partial charge in [-0.3, -0.25) is 15.3 Å². The van der Waals surface area contributed by atoms with Crippen LogP contribution in [0.25, 0.3) is 0 Å². The largest absolute Gasteiger partial charge is 0.382 e. The van der Waals surface area contributed by atoms with Crippen molar-refractivity contribution in [3.05, 3.63) is 24.0 Å². The number of nitrogen functional groups attached to an aromatic ring is 1. The molecule has 0 aliphatic carbocycles. The fourth-order valence-electron chi connectivity index (χ4n) is 3.17. The summed E-state index contributed by atoms with van der Waals surface area (Å²) < 4.78 is 0. The first kappa shape index (κ1) is 12.4. The molecule has 5 nitrogen and oxygen atoms in total. The lowest BCUT2D eigenvalue weighted by Crippen LogP contribution is -2.36. The van der Waals surface area contributed by atoms with Gasteiger partial charge in [-0.05, 0) is 37.9 Å². The first-order chi connectivity index (χ1) is 9.24. The lowest BCUT2D eigenvalue weighted by atomic mass is 10.2. The van der Waals surface area contributed by atoms with Gasteiger partial charge >= 0.3 is 0 Å². The summed E-state index contributed by atoms with van der Waals surface area (Å²) in [6, 6.07) is 4.58. The third kappa shape index (κ3) is 2.56. The van der Waals surface area contributed by atoms with E-state index in [1.54, 1.807) is 0 Å². The van der Waals surface area contributed by atoms with Gasteiger partial charge in [-0.1, -0.05) is 0 Å². The van der Waals surface area contributed by atoms with E-state index in [9.17, 15) is 0 Å². The van der Waals surface area contributed by atoms with E-state index in [2.05, 4.69) is 14.8 Å². The quantitative estimate of drug-likeness (QED) is 0.615. The summed E-state index contributed by atoms with van der Waals surface area (Å²) in [6.45, 7) is 4.68. The molecule has 0 saturated carbocycles. The number of fused-ring (bicyclic) bond motifs is 1. The van der Waals surface area contributed by atoms with Crippen LogP contribution in [0.5, 0.6) is 0 Å². The molecule has 2 fully saturated rings. The number of aromatic nitrogens is 1. The zero-order valence-corrected chi connectivity index (χ0v) is 11.2. The fourth-order valence-corrected chi connectivity index (χ4v) is 3.17. The molecule has 2 aliphatic heterocycles. The van der Waals surface area contributed by atoms with E-state index < -0.39 is 0 Å². The van der Waals surface area contributed by atoms with Crippen molar-refractivity contribution in [2.24, 2.45) is 5.73 Å². The molecule has 0 aromatic carbocycles. The van der Waals surface area contributed by atoms with Crippen molar-refractivity contribution in [2.75, 3.05) is 31.1 Å². The molecule has 2 aliphatic rings. The van der Waals surface area contributed by atoms with Gasteiger partial charge in [-0.25, -0.2) is 0 Å². The molecule has 19 heavy (non-hydrogen) atoms. The minimum atomic E-state index is 0.0318. The molecule has 1 aromatic rings. The number of pyridine rings is 1. The number of nitrogens with one attached hydrogen (secondary N) is 1. The number of rotatable bonds is 2. The smallest absolute Gasteiger partial charge is 0.141 e. The molecule has 1 aromatic heterocycles. The number of amidine groups is 1. The number of hydrogen-bond acceptors (Lipinski definition) is 4. The van der Waals surface area contributed by atoms with Crippen molar-refractivity contribution in [1.82, 2.24) is 9.88 Å². The first-order valence-electron chi connectivity index (χ1n) is 7.03. The maximum Gasteiger partial charge on any atom is 0.141 e. The van der Waals surface area contributed by atoms with Gasteiger partial charge in [-0.15, -0.1) is 0 Å². The molecule has 3 heterocycles. The van der Waals surface area contributed by atoms with Crippen molar-refractivity contribution >= 4 is 11.5 Å². The molecule has 2 saturated heterocycles. The van der Waals surface area contributed by atoms with E-state index in [4.69, 9.17) is 11.1 Å². The number of hydrogen-bond donors (Lipinski definition) is 2. The van der Waals surface area contributed by atoms with Crippen LogP contribution >= 0.6 is 0 Å². The summed E-state index contributed by atoms with van der Waals surface area (Å²) in [4.78, 5) is 9.31. The Morgan fingerprint density at radius 1 is 1.26 bits per heavy atom. The monoisotopic (exact) mass is 259 g/mol. The second-order valence-electron chi connectivity index (χ2n) is 5.45. The van der Waals surface area contributed by atoms with Crippen molar-refractivity contribution in [3.63, 3.8) is 0 Å². The molecule has 1 atom stereocenters. The zero-order chi connectivity index (χ0) is 13.2. The molecule has 0 radical (unpaired) electrons. The number of anilines is 1. The average molecular weight is 259 g/mol. The Morgan fingerprint density at radius 3 is 2.84 bits per heavy atom. The van der Waals surface area contributed by atoms with Gasteiger partial charge in [0.25, 0.3) is 0 Å². The van der Waals surface area contributed by atoms with E-state index in [1.807, 2.05) is 18.3 Å². The Kier molecular flexibility index (Phi) is 3.38. The Labute approximate surface area is 113 Å². The third-order valence-electron chi connectivity index (χ3n) is 4.19. The normalized spacial score (nSPS) is 24.0. The maximum atomic E-state index is 7.38. The lowest BCUT2D eigenvalue weighted by Gasteiger charge is -2.27. The second-order valence-corrected chi connectivity index (χ2v) is 5.45. The van der Waals surface area contributed by atoms with Crippen LogP contribution in [0.4, 0.5) is 5.69 Å². The SMILES string of the molecule is N=C(N)c1ccc(N2CCCN3CCCC3C2)cn1. The van der Waals surface area contributed by atoms with Crippen molar-refractivity contribution in [1.29, 1.82) is 5.41 Å². The minimum absolute atomic E-state index is 0.0318. The van der Waals surface area contributed by atoms with Gasteiger partial charge in [0, 0.05) is 25.7 Å². The Bertz CT molecular complexity index is 455. The summed E-state index contributed by atoms with van der Waals surface area (Å²) in [6.07, 6.45) is 5.71. The van der Waals surface area contributed by atoms with Crippen LogP contribution in [0.15, 0.2) is 18.3 Å². The Balaban J connectivity index is 1.75. The van der Waals surface area contributed by atoms with Gasteiger partial charge in [0.2, 0.25) is 0 Å². The molecular weight excluding hydrogens is 238 g/mol. The standard InChI is InChI=1S/C14H21N5/c15-14(16)13-5-4-11(9-17-13)19-8-2-7-18-6-1-3-12(18)10-19/h4-5,9,12H,1-3,6-8,10H2,(H3,15,16). The Morgan fingerprint density at radius 2 is 2.11 bits per heavy atom. The maximum absolute atomic E-state index is 7.38. The minimum Gasteiger partial charge on any atom is -0.382 e. The van der Waals surface area contributed by atoms with E-state index in [1.165, 1.54) is 32.4 Å². The van der Waals surface area contributed by atoms with E-state index in [-0.39, 0.29) is 5.84 Å². The van der Waals surface area contributed by atoms with Crippen LogP contribution in [0.2, 0.25) is 0 Å². The highest BCUT2D eigenvalue weighted by Gasteiger charge is 2.28. The van der Waals surface area contributed by atoms with E-state index in [0.29, 0.717) is 11.7 Å². The predicted octanol–water partition coefficient (Wildman–Crippen LogP) is 1.04. The topological polar surface area (TPSA) is 69.2 Å². The third-order valence-corrected chi connectivity index (χ3v) is 4.19. The van der Waals surface area contributed by atoms with Crippen LogP contribution in [-0.2, 0) is 0 Å². The molecule has 3 N–H and O–H groups in total. The fraction of sp³-hybridized carbons (Fsp3) is 0.571. The van der Waals surface area contributed by atoms with Crippen molar-refractivity contribution in [3.8, 4) is 0 Å². The van der Waals surface area contributed by atoms with Gasteiger partial charge in [0.15, 0.2) is 0 Å². The average Bonchev–Trinajstić information content (AvgIpc) is 2.76. The van der Waals surface area contributed by atoms with Gasteiger partial charge in [-0.2, -0.15) is 0 Å². The second kappa shape index (κ2) is 5.17. The number of nitrogens with zero attached hydrogens (tertiary/aromatic N) is 3. The molecule has 0 bridgehead atoms. The highest BCUT2D eigenvalue weighted by atomic mass is 15.3. The summed E-state index contributed by atoms with van der Waals surface area (Å²) in [5.74, 6) is 0.0318. The summed E-state index contributed by atoms with van der Waals surface area (Å²) in [5.41, 5.74) is 7.15. The summed E-state index contributed by atoms with van der Waals surface area (Å²) >= 11 is 0. The van der Waals surface area contributed by atoms with E-state index >= 15 is 0 Å². The molecule has 1 unspecified atom stereocenters. The van der Waals surface area contributed by atoms with Gasteiger partial charge in [0.1, 0.15) is 11.5 Å². The summed E-state index contributed by atoms with van der Waals surface area (Å²) in [7, 11) is 0. The van der Waals surface area contributed by atoms with Gasteiger partial charge < -0.3 is 10.6 Å². The molecular formula is C14H21N5. The highest BCUT2D eigenvalue weighted by Crippen LogP contribution is 2.24. The molecule has 5 heteroatoms. The first-order valence-corrected chi connectivity index (χ1v) is 7.03. The van der Waals surface area contributed by atoms with Crippen LogP contribution in [-0.4, -0.2) is 47.9 Å². The van der Waals surface area contributed by atoms with Crippen LogP contribution in [0.3, 0.4) is 0 Å². The lowest BCUT2D eigenvalue weighted by molar-refractivity contribution is 0.273. The molecule has 0 amide bonds. The molecule has 3 rings (SSSR count). The molecule has 0 spiro atoms. The van der Waals surface area contributed by atoms with E-state index in [0.717, 1.165) is 18.8 Å². The number of nitrogens with two attached hydrogens (primary N) is 1. The highest BCUT2D eigenvalue weighted by molar-refractivity contribution is 5.93. The Hall–Kier alpha value is -1.62. The zero-order valence-electron chi connectivity index (χ0n) is 11.2. The van der Waals surface area contributed by atoms with Crippen LogP contribution in [0.1, 0.15) is 25.0 Å². The van der Waals surface area contributed by atoms with Crippen LogP contribution in [0, 0.1) is 5.41 Å².